The molecule has 2 aromatic carbocycles. The maximum Gasteiger partial charge on any atom is 0.191 e. The molecule has 0 aliphatic heterocycles. The summed E-state index contributed by atoms with van der Waals surface area (Å²) in [6.45, 7) is 8.32. The normalized spacial score (nSPS) is 11.5. The molecule has 3 rings (SSSR count). The van der Waals surface area contributed by atoms with Crippen LogP contribution in [0.3, 0.4) is 0 Å². The Bertz CT molecular complexity index is 938. The largest absolute Gasteiger partial charge is 0.372 e. The number of rotatable bonds is 11. The van der Waals surface area contributed by atoms with Crippen LogP contribution in [0.5, 0.6) is 0 Å². The van der Waals surface area contributed by atoms with Gasteiger partial charge in [-0.2, -0.15) is 0 Å². The highest BCUT2D eigenvalue weighted by Crippen LogP contribution is 2.10. The van der Waals surface area contributed by atoms with Gasteiger partial charge >= 0.3 is 0 Å². The predicted molar refractivity (Wildman–Crippen MR) is 124 cm³/mol. The molecule has 0 atom stereocenters. The summed E-state index contributed by atoms with van der Waals surface area (Å²) in [5.41, 5.74) is 3.49. The summed E-state index contributed by atoms with van der Waals surface area (Å²) in [6.07, 6.45) is 2.65. The molecule has 0 aliphatic carbocycles. The molecule has 0 spiro atoms. The van der Waals surface area contributed by atoms with Crippen molar-refractivity contribution in [1.29, 1.82) is 0 Å². The van der Waals surface area contributed by atoms with Crippen molar-refractivity contribution in [2.75, 3.05) is 13.1 Å². The summed E-state index contributed by atoms with van der Waals surface area (Å²) < 4.78 is 7.92. The van der Waals surface area contributed by atoms with Crippen molar-refractivity contribution in [1.82, 2.24) is 25.4 Å². The Labute approximate surface area is 184 Å². The lowest BCUT2D eigenvalue weighted by Gasteiger charge is -2.12. The molecule has 0 unspecified atom stereocenters. The number of aromatic nitrogens is 3. The monoisotopic (exact) mass is 420 g/mol. The number of aliphatic imine (C=N–C) groups is 1. The molecule has 0 aliphatic rings. The Morgan fingerprint density at radius 2 is 1.74 bits per heavy atom. The van der Waals surface area contributed by atoms with Gasteiger partial charge in [0, 0.05) is 26.1 Å². The zero-order chi connectivity index (χ0) is 21.7. The summed E-state index contributed by atoms with van der Waals surface area (Å²) in [5.74, 6) is 1.80. The lowest BCUT2D eigenvalue weighted by atomic mass is 10.1. The van der Waals surface area contributed by atoms with Gasteiger partial charge in [-0.25, -0.2) is 4.99 Å². The standard InChI is InChI=1S/C24H32N6O/c1-3-23-29-28-19-30(23)14-13-26-24(25-4-2)27-16-21-11-8-12-22(15-21)18-31-17-20-9-6-5-7-10-20/h5-12,15,19H,3-4,13-14,16-18H2,1-2H3,(H2,25,26,27). The van der Waals surface area contributed by atoms with Crippen LogP contribution in [0.2, 0.25) is 0 Å². The van der Waals surface area contributed by atoms with Gasteiger partial charge in [0.15, 0.2) is 5.96 Å². The fourth-order valence-corrected chi connectivity index (χ4v) is 3.23. The van der Waals surface area contributed by atoms with Gasteiger partial charge in [-0.3, -0.25) is 0 Å². The summed E-state index contributed by atoms with van der Waals surface area (Å²) in [7, 11) is 0. The molecule has 3 aromatic rings. The van der Waals surface area contributed by atoms with Crippen molar-refractivity contribution < 1.29 is 4.74 Å². The van der Waals surface area contributed by atoms with Crippen molar-refractivity contribution in [2.24, 2.45) is 4.99 Å². The smallest absolute Gasteiger partial charge is 0.191 e. The van der Waals surface area contributed by atoms with Gasteiger partial charge in [-0.05, 0) is 23.6 Å². The molecule has 7 nitrogen and oxygen atoms in total. The first kappa shape index (κ1) is 22.5. The lowest BCUT2D eigenvalue weighted by molar-refractivity contribution is 0.107. The topological polar surface area (TPSA) is 76.4 Å². The Balaban J connectivity index is 1.49. The molecule has 0 bridgehead atoms. The van der Waals surface area contributed by atoms with E-state index in [1.807, 2.05) is 18.2 Å². The molecule has 0 saturated carbocycles. The van der Waals surface area contributed by atoms with Crippen molar-refractivity contribution in [3.05, 3.63) is 83.4 Å². The number of aryl methyl sites for hydroxylation is 1. The van der Waals surface area contributed by atoms with Crippen LogP contribution < -0.4 is 10.6 Å². The second-order valence-corrected chi connectivity index (χ2v) is 7.21. The van der Waals surface area contributed by atoms with Gasteiger partial charge in [0.05, 0.1) is 19.8 Å². The molecular weight excluding hydrogens is 388 g/mol. The summed E-state index contributed by atoms with van der Waals surface area (Å²) in [5, 5.41) is 14.8. The van der Waals surface area contributed by atoms with Crippen LogP contribution in [0.4, 0.5) is 0 Å². The van der Waals surface area contributed by atoms with Gasteiger partial charge in [0.2, 0.25) is 0 Å². The van der Waals surface area contributed by atoms with E-state index in [1.165, 1.54) is 5.56 Å². The number of hydrogen-bond acceptors (Lipinski definition) is 4. The highest BCUT2D eigenvalue weighted by Gasteiger charge is 2.03. The third-order valence-corrected chi connectivity index (χ3v) is 4.79. The van der Waals surface area contributed by atoms with E-state index in [0.29, 0.717) is 19.8 Å². The van der Waals surface area contributed by atoms with Crippen molar-refractivity contribution >= 4 is 5.96 Å². The highest BCUT2D eigenvalue weighted by atomic mass is 16.5. The van der Waals surface area contributed by atoms with E-state index in [9.17, 15) is 0 Å². The molecular formula is C24H32N6O. The van der Waals surface area contributed by atoms with Crippen LogP contribution in [0.1, 0.15) is 36.4 Å². The van der Waals surface area contributed by atoms with E-state index < -0.39 is 0 Å². The van der Waals surface area contributed by atoms with Crippen LogP contribution in [0.25, 0.3) is 0 Å². The summed E-state index contributed by atoms with van der Waals surface area (Å²) in [4.78, 5) is 4.73. The van der Waals surface area contributed by atoms with E-state index in [-0.39, 0.29) is 0 Å². The number of nitrogens with one attached hydrogen (secondary N) is 2. The quantitative estimate of drug-likeness (QED) is 0.368. The number of hydrogen-bond donors (Lipinski definition) is 2. The number of benzene rings is 2. The summed E-state index contributed by atoms with van der Waals surface area (Å²) in [6, 6.07) is 18.6. The SMILES string of the molecule is CCNC(=NCc1cccc(COCc2ccccc2)c1)NCCn1cnnc1CC. The lowest BCUT2D eigenvalue weighted by Crippen LogP contribution is -2.38. The van der Waals surface area contributed by atoms with Gasteiger partial charge in [-0.1, -0.05) is 61.5 Å². The van der Waals surface area contributed by atoms with E-state index in [0.717, 1.165) is 49.0 Å². The van der Waals surface area contributed by atoms with E-state index >= 15 is 0 Å². The molecule has 31 heavy (non-hydrogen) atoms. The van der Waals surface area contributed by atoms with Gasteiger partial charge < -0.3 is 19.9 Å². The number of nitrogens with zero attached hydrogens (tertiary/aromatic N) is 4. The first-order chi connectivity index (χ1) is 15.3. The average Bonchev–Trinajstić information content (AvgIpc) is 3.26. The fraction of sp³-hybridized carbons (Fsp3) is 0.375. The molecule has 7 heteroatoms. The van der Waals surface area contributed by atoms with E-state index in [1.54, 1.807) is 6.33 Å². The molecule has 2 N–H and O–H groups in total. The third-order valence-electron chi connectivity index (χ3n) is 4.79. The predicted octanol–water partition coefficient (Wildman–Crippen LogP) is 3.31. The first-order valence-electron chi connectivity index (χ1n) is 10.9. The second-order valence-electron chi connectivity index (χ2n) is 7.21. The molecule has 0 saturated heterocycles. The molecule has 0 amide bonds. The zero-order valence-corrected chi connectivity index (χ0v) is 18.4. The van der Waals surface area contributed by atoms with Crippen LogP contribution in [-0.2, 0) is 37.5 Å². The average molecular weight is 421 g/mol. The Hall–Kier alpha value is -3.19. The van der Waals surface area contributed by atoms with Crippen molar-refractivity contribution in [3.8, 4) is 0 Å². The van der Waals surface area contributed by atoms with Crippen molar-refractivity contribution in [2.45, 2.75) is 46.6 Å². The van der Waals surface area contributed by atoms with Gasteiger partial charge in [-0.15, -0.1) is 10.2 Å². The van der Waals surface area contributed by atoms with Crippen LogP contribution in [0, 0.1) is 0 Å². The highest BCUT2D eigenvalue weighted by molar-refractivity contribution is 5.79. The maximum atomic E-state index is 5.86. The Kier molecular flexibility index (Phi) is 9.07. The fourth-order valence-electron chi connectivity index (χ4n) is 3.23. The Morgan fingerprint density at radius 3 is 2.55 bits per heavy atom. The zero-order valence-electron chi connectivity index (χ0n) is 18.4. The minimum atomic E-state index is 0.587. The van der Waals surface area contributed by atoms with Gasteiger partial charge in [0.25, 0.3) is 0 Å². The molecule has 164 valence electrons. The number of guanidine groups is 1. The van der Waals surface area contributed by atoms with E-state index in [4.69, 9.17) is 9.73 Å². The van der Waals surface area contributed by atoms with Crippen molar-refractivity contribution in [3.63, 3.8) is 0 Å². The third kappa shape index (κ3) is 7.53. The molecule has 1 heterocycles. The Morgan fingerprint density at radius 1 is 0.968 bits per heavy atom. The van der Waals surface area contributed by atoms with Crippen LogP contribution >= 0.6 is 0 Å². The minimum absolute atomic E-state index is 0.587. The molecule has 1 aromatic heterocycles. The molecule has 0 fully saturated rings. The molecule has 0 radical (unpaired) electrons. The van der Waals surface area contributed by atoms with Gasteiger partial charge in [0.1, 0.15) is 12.2 Å². The number of ether oxygens (including phenoxy) is 1. The van der Waals surface area contributed by atoms with E-state index in [2.05, 4.69) is 75.6 Å². The second kappa shape index (κ2) is 12.5. The summed E-state index contributed by atoms with van der Waals surface area (Å²) >= 11 is 0. The van der Waals surface area contributed by atoms with Crippen LogP contribution in [-0.4, -0.2) is 33.8 Å². The van der Waals surface area contributed by atoms with Crippen LogP contribution in [0.15, 0.2) is 65.9 Å². The maximum absolute atomic E-state index is 5.86. The first-order valence-corrected chi connectivity index (χ1v) is 10.9. The minimum Gasteiger partial charge on any atom is -0.372 e.